The molecule has 1 fully saturated rings. The molecule has 0 aromatic heterocycles. The Morgan fingerprint density at radius 2 is 1.86 bits per heavy atom. The largest absolute Gasteiger partial charge is 0.495 e. The minimum Gasteiger partial charge on any atom is -0.495 e. The summed E-state index contributed by atoms with van der Waals surface area (Å²) in [6.45, 7) is 0.334. The van der Waals surface area contributed by atoms with E-state index in [0.29, 0.717) is 35.1 Å². The van der Waals surface area contributed by atoms with Gasteiger partial charge in [0.1, 0.15) is 10.6 Å². The summed E-state index contributed by atoms with van der Waals surface area (Å²) in [6.07, 6.45) is 1.09. The molecule has 0 unspecified atom stereocenters. The first-order valence-electron chi connectivity index (χ1n) is 8.82. The van der Waals surface area contributed by atoms with Crippen LogP contribution < -0.4 is 10.1 Å². The van der Waals surface area contributed by atoms with Gasteiger partial charge in [-0.2, -0.15) is 4.31 Å². The third kappa shape index (κ3) is 4.81. The van der Waals surface area contributed by atoms with Crippen LogP contribution in [0, 0.1) is 5.92 Å². The Kier molecular flexibility index (Phi) is 6.96. The van der Waals surface area contributed by atoms with Crippen LogP contribution in [0.4, 0.5) is 5.69 Å². The van der Waals surface area contributed by atoms with Crippen LogP contribution in [0.5, 0.6) is 5.75 Å². The molecular weight excluding hydrogens is 459 g/mol. The predicted octanol–water partition coefficient (Wildman–Crippen LogP) is 4.69. The molecule has 1 N–H and O–H groups in total. The van der Waals surface area contributed by atoms with Gasteiger partial charge in [0.25, 0.3) is 0 Å². The zero-order chi connectivity index (χ0) is 21.2. The Balaban J connectivity index is 1.82. The molecule has 0 spiro atoms. The molecule has 0 aliphatic carbocycles. The Bertz CT molecular complexity index is 1010. The molecule has 3 rings (SSSR count). The monoisotopic (exact) mass is 476 g/mol. The second-order valence-corrected chi connectivity index (χ2v) is 9.74. The van der Waals surface area contributed by atoms with Gasteiger partial charge in [-0.3, -0.25) is 4.79 Å². The average Bonchev–Trinajstić information content (AvgIpc) is 2.70. The summed E-state index contributed by atoms with van der Waals surface area (Å²) in [5.41, 5.74) is 0.317. The van der Waals surface area contributed by atoms with Crippen LogP contribution in [0.2, 0.25) is 15.1 Å². The van der Waals surface area contributed by atoms with Crippen molar-refractivity contribution in [3.63, 3.8) is 0 Å². The van der Waals surface area contributed by atoms with Crippen molar-refractivity contribution in [1.29, 1.82) is 0 Å². The molecule has 1 atom stereocenters. The number of carbonyl (C=O) groups is 1. The van der Waals surface area contributed by atoms with E-state index < -0.39 is 15.9 Å². The summed E-state index contributed by atoms with van der Waals surface area (Å²) in [4.78, 5) is 12.7. The molecule has 1 aliphatic rings. The van der Waals surface area contributed by atoms with Crippen LogP contribution in [0.25, 0.3) is 0 Å². The second-order valence-electron chi connectivity index (χ2n) is 6.58. The van der Waals surface area contributed by atoms with E-state index in [1.165, 1.54) is 23.5 Å². The summed E-state index contributed by atoms with van der Waals surface area (Å²) in [7, 11) is -2.50. The molecule has 6 nitrogen and oxygen atoms in total. The number of nitrogens with one attached hydrogen (secondary N) is 1. The number of amides is 1. The molecule has 1 heterocycles. The summed E-state index contributed by atoms with van der Waals surface area (Å²) < 4.78 is 32.8. The first kappa shape index (κ1) is 22.2. The molecule has 156 valence electrons. The van der Waals surface area contributed by atoms with Gasteiger partial charge in [0.15, 0.2) is 0 Å². The van der Waals surface area contributed by atoms with Crippen molar-refractivity contribution in [3.05, 3.63) is 51.5 Å². The van der Waals surface area contributed by atoms with Gasteiger partial charge in [-0.25, -0.2) is 8.42 Å². The van der Waals surface area contributed by atoms with E-state index in [0.717, 1.165) is 0 Å². The molecule has 0 bridgehead atoms. The SMILES string of the molecule is COc1ccc(Cl)cc1S(=O)(=O)N1CCC[C@@H](C(=O)Nc2c(Cl)cccc2Cl)C1. The molecule has 2 aromatic rings. The number of hydrogen-bond acceptors (Lipinski definition) is 4. The van der Waals surface area contributed by atoms with Crippen LogP contribution in [-0.2, 0) is 14.8 Å². The van der Waals surface area contributed by atoms with Gasteiger partial charge in [0, 0.05) is 18.1 Å². The maximum absolute atomic E-state index is 13.2. The van der Waals surface area contributed by atoms with Crippen LogP contribution >= 0.6 is 34.8 Å². The molecule has 10 heteroatoms. The van der Waals surface area contributed by atoms with Crippen molar-refractivity contribution < 1.29 is 17.9 Å². The second kappa shape index (κ2) is 9.10. The summed E-state index contributed by atoms with van der Waals surface area (Å²) in [5, 5.41) is 3.63. The molecule has 1 amide bonds. The van der Waals surface area contributed by atoms with Gasteiger partial charge in [-0.15, -0.1) is 0 Å². The number of rotatable bonds is 5. The van der Waals surface area contributed by atoms with E-state index in [9.17, 15) is 13.2 Å². The Hall–Kier alpha value is -1.51. The first-order valence-corrected chi connectivity index (χ1v) is 11.4. The maximum atomic E-state index is 13.2. The number of para-hydroxylation sites is 1. The van der Waals surface area contributed by atoms with E-state index in [-0.39, 0.29) is 28.1 Å². The van der Waals surface area contributed by atoms with Gasteiger partial charge in [-0.1, -0.05) is 40.9 Å². The van der Waals surface area contributed by atoms with Gasteiger partial charge in [0.05, 0.1) is 28.8 Å². The van der Waals surface area contributed by atoms with Crippen LogP contribution in [0.3, 0.4) is 0 Å². The minimum absolute atomic E-state index is 0.0253. The lowest BCUT2D eigenvalue weighted by Crippen LogP contribution is -2.43. The van der Waals surface area contributed by atoms with E-state index in [4.69, 9.17) is 39.5 Å². The lowest BCUT2D eigenvalue weighted by atomic mass is 9.98. The highest BCUT2D eigenvalue weighted by atomic mass is 35.5. The fraction of sp³-hybridized carbons (Fsp3) is 0.316. The van der Waals surface area contributed by atoms with Crippen molar-refractivity contribution in [2.24, 2.45) is 5.92 Å². The van der Waals surface area contributed by atoms with E-state index >= 15 is 0 Å². The topological polar surface area (TPSA) is 75.7 Å². The van der Waals surface area contributed by atoms with Crippen molar-refractivity contribution in [1.82, 2.24) is 4.31 Å². The maximum Gasteiger partial charge on any atom is 0.246 e. The predicted molar refractivity (Wildman–Crippen MR) is 115 cm³/mol. The fourth-order valence-corrected chi connectivity index (χ4v) is 5.64. The quantitative estimate of drug-likeness (QED) is 0.677. The van der Waals surface area contributed by atoms with Crippen molar-refractivity contribution >= 4 is 56.4 Å². The molecule has 0 saturated carbocycles. The molecular formula is C19H19Cl3N2O4S. The normalized spacial score (nSPS) is 17.7. The zero-order valence-electron chi connectivity index (χ0n) is 15.5. The molecule has 1 aliphatic heterocycles. The molecule has 1 saturated heterocycles. The van der Waals surface area contributed by atoms with Gasteiger partial charge < -0.3 is 10.1 Å². The third-order valence-corrected chi connectivity index (χ3v) is 7.46. The highest BCUT2D eigenvalue weighted by Gasteiger charge is 2.35. The van der Waals surface area contributed by atoms with Crippen molar-refractivity contribution in [3.8, 4) is 5.75 Å². The molecule has 2 aromatic carbocycles. The number of methoxy groups -OCH3 is 1. The highest BCUT2D eigenvalue weighted by molar-refractivity contribution is 7.89. The summed E-state index contributed by atoms with van der Waals surface area (Å²) in [5.74, 6) is -0.683. The molecule has 0 radical (unpaired) electrons. The van der Waals surface area contributed by atoms with E-state index in [2.05, 4.69) is 5.32 Å². The van der Waals surface area contributed by atoms with Gasteiger partial charge in [-0.05, 0) is 43.2 Å². The summed E-state index contributed by atoms with van der Waals surface area (Å²) in [6, 6.07) is 9.32. The first-order chi connectivity index (χ1) is 13.7. The smallest absolute Gasteiger partial charge is 0.246 e. The Labute approximate surface area is 184 Å². The average molecular weight is 478 g/mol. The number of anilines is 1. The van der Waals surface area contributed by atoms with Crippen molar-refractivity contribution in [2.75, 3.05) is 25.5 Å². The van der Waals surface area contributed by atoms with Gasteiger partial charge >= 0.3 is 0 Å². The number of carbonyl (C=O) groups excluding carboxylic acids is 1. The number of benzene rings is 2. The third-order valence-electron chi connectivity index (χ3n) is 4.71. The zero-order valence-corrected chi connectivity index (χ0v) is 18.6. The number of halogens is 3. The molecule has 29 heavy (non-hydrogen) atoms. The van der Waals surface area contributed by atoms with Crippen molar-refractivity contribution in [2.45, 2.75) is 17.7 Å². The Morgan fingerprint density at radius 3 is 2.52 bits per heavy atom. The van der Waals surface area contributed by atoms with Crippen LogP contribution in [0.1, 0.15) is 12.8 Å². The van der Waals surface area contributed by atoms with E-state index in [1.54, 1.807) is 24.3 Å². The van der Waals surface area contributed by atoms with Crippen LogP contribution in [-0.4, -0.2) is 38.8 Å². The van der Waals surface area contributed by atoms with Crippen LogP contribution in [0.15, 0.2) is 41.3 Å². The minimum atomic E-state index is -3.89. The highest BCUT2D eigenvalue weighted by Crippen LogP contribution is 2.33. The lowest BCUT2D eigenvalue weighted by Gasteiger charge is -2.31. The van der Waals surface area contributed by atoms with E-state index in [1.807, 2.05) is 0 Å². The van der Waals surface area contributed by atoms with Gasteiger partial charge in [0.2, 0.25) is 15.9 Å². The fourth-order valence-electron chi connectivity index (χ4n) is 3.21. The number of piperidine rings is 1. The lowest BCUT2D eigenvalue weighted by molar-refractivity contribution is -0.120. The Morgan fingerprint density at radius 1 is 1.17 bits per heavy atom. The summed E-state index contributed by atoms with van der Waals surface area (Å²) >= 11 is 18.2. The number of nitrogens with zero attached hydrogens (tertiary/aromatic N) is 1. The number of ether oxygens (including phenoxy) is 1. The standard InChI is InChI=1S/C19H19Cl3N2O4S/c1-28-16-8-7-13(20)10-17(16)29(26,27)24-9-3-4-12(11-24)19(25)23-18-14(21)5-2-6-15(18)22/h2,5-8,10,12H,3-4,9,11H2,1H3,(H,23,25)/t12-/m1/s1. The number of hydrogen-bond donors (Lipinski definition) is 1. The number of sulfonamides is 1.